The number of ether oxygens (including phenoxy) is 2. The van der Waals surface area contributed by atoms with Crippen molar-refractivity contribution in [3.05, 3.63) is 22.7 Å². The van der Waals surface area contributed by atoms with Gasteiger partial charge in [0.1, 0.15) is 0 Å². The highest BCUT2D eigenvalue weighted by atomic mass is 35.5. The van der Waals surface area contributed by atoms with E-state index >= 15 is 0 Å². The number of rotatable bonds is 6. The number of hydrogen-bond donors (Lipinski definition) is 1. The van der Waals surface area contributed by atoms with Crippen LogP contribution >= 0.6 is 11.6 Å². The zero-order valence-corrected chi connectivity index (χ0v) is 13.5. The molecule has 5 heteroatoms. The first-order valence-electron chi connectivity index (χ1n) is 7.54. The highest BCUT2D eigenvalue weighted by Crippen LogP contribution is 2.38. The Bertz CT molecular complexity index is 465. The van der Waals surface area contributed by atoms with Gasteiger partial charge < -0.3 is 14.6 Å². The van der Waals surface area contributed by atoms with Crippen molar-refractivity contribution in [3.8, 4) is 11.5 Å². The molecule has 4 nitrogen and oxygen atoms in total. The van der Waals surface area contributed by atoms with Crippen LogP contribution < -0.4 is 9.47 Å². The van der Waals surface area contributed by atoms with E-state index in [1.165, 1.54) is 0 Å². The maximum absolute atomic E-state index is 9.01. The van der Waals surface area contributed by atoms with E-state index < -0.39 is 0 Å². The summed E-state index contributed by atoms with van der Waals surface area (Å²) in [6.45, 7) is 7.47. The molecule has 2 rings (SSSR count). The standard InChI is InChI=1S/C16H24ClNO3/c1-12(2)18(5-3-6-19)11-13-9-14(17)16-15(10-13)20-7-4-8-21-16/h9-10,12,19H,3-8,11H2,1-2H3. The monoisotopic (exact) mass is 313 g/mol. The second-order valence-corrected chi connectivity index (χ2v) is 6.00. The second kappa shape index (κ2) is 7.87. The summed E-state index contributed by atoms with van der Waals surface area (Å²) < 4.78 is 11.4. The Morgan fingerprint density at radius 2 is 2.05 bits per heavy atom. The molecule has 0 saturated carbocycles. The number of hydrogen-bond acceptors (Lipinski definition) is 4. The quantitative estimate of drug-likeness (QED) is 0.876. The molecule has 1 aromatic rings. The lowest BCUT2D eigenvalue weighted by atomic mass is 10.1. The maximum atomic E-state index is 9.01. The van der Waals surface area contributed by atoms with Gasteiger partial charge in [-0.1, -0.05) is 11.6 Å². The lowest BCUT2D eigenvalue weighted by Crippen LogP contribution is -2.31. The molecule has 0 saturated heterocycles. The fraction of sp³-hybridized carbons (Fsp3) is 0.625. The van der Waals surface area contributed by atoms with E-state index in [0.29, 0.717) is 30.0 Å². The minimum atomic E-state index is 0.213. The Balaban J connectivity index is 2.15. The van der Waals surface area contributed by atoms with Crippen molar-refractivity contribution in [1.82, 2.24) is 4.90 Å². The lowest BCUT2D eigenvalue weighted by Gasteiger charge is -2.26. The van der Waals surface area contributed by atoms with Gasteiger partial charge in [0.15, 0.2) is 11.5 Å². The van der Waals surface area contributed by atoms with Crippen LogP contribution in [0.15, 0.2) is 12.1 Å². The van der Waals surface area contributed by atoms with Crippen LogP contribution in [0, 0.1) is 0 Å². The summed E-state index contributed by atoms with van der Waals surface area (Å²) in [7, 11) is 0. The molecular formula is C16H24ClNO3. The van der Waals surface area contributed by atoms with Gasteiger partial charge >= 0.3 is 0 Å². The maximum Gasteiger partial charge on any atom is 0.179 e. The van der Waals surface area contributed by atoms with Crippen molar-refractivity contribution < 1.29 is 14.6 Å². The van der Waals surface area contributed by atoms with Gasteiger partial charge in [-0.15, -0.1) is 0 Å². The van der Waals surface area contributed by atoms with Gasteiger partial charge in [-0.2, -0.15) is 0 Å². The molecule has 0 aromatic heterocycles. The molecule has 0 fully saturated rings. The number of aliphatic hydroxyl groups excluding tert-OH is 1. The van der Waals surface area contributed by atoms with Crippen LogP contribution in [0.25, 0.3) is 0 Å². The lowest BCUT2D eigenvalue weighted by molar-refractivity contribution is 0.184. The van der Waals surface area contributed by atoms with Gasteiger partial charge in [0.05, 0.1) is 18.2 Å². The number of aliphatic hydroxyl groups is 1. The van der Waals surface area contributed by atoms with E-state index in [9.17, 15) is 0 Å². The normalized spacial score (nSPS) is 14.6. The summed E-state index contributed by atoms with van der Waals surface area (Å²) in [5, 5.41) is 9.62. The number of benzene rings is 1. The van der Waals surface area contributed by atoms with E-state index in [1.54, 1.807) is 0 Å². The number of halogens is 1. The molecule has 21 heavy (non-hydrogen) atoms. The van der Waals surface area contributed by atoms with Crippen molar-refractivity contribution >= 4 is 11.6 Å². The van der Waals surface area contributed by atoms with E-state index in [1.807, 2.05) is 12.1 Å². The molecule has 0 atom stereocenters. The third kappa shape index (κ3) is 4.50. The van der Waals surface area contributed by atoms with E-state index in [4.69, 9.17) is 26.2 Å². The summed E-state index contributed by atoms with van der Waals surface area (Å²) >= 11 is 6.32. The molecule has 1 aliphatic rings. The first kappa shape index (κ1) is 16.4. The molecule has 0 amide bonds. The van der Waals surface area contributed by atoms with Crippen molar-refractivity contribution in [3.63, 3.8) is 0 Å². The molecule has 0 bridgehead atoms. The summed E-state index contributed by atoms with van der Waals surface area (Å²) in [5.41, 5.74) is 1.11. The van der Waals surface area contributed by atoms with Gasteiger partial charge in [0.2, 0.25) is 0 Å². The largest absolute Gasteiger partial charge is 0.489 e. The Kier molecular flexibility index (Phi) is 6.15. The average Bonchev–Trinajstić information content (AvgIpc) is 2.68. The Morgan fingerprint density at radius 3 is 2.76 bits per heavy atom. The van der Waals surface area contributed by atoms with Crippen molar-refractivity contribution in [1.29, 1.82) is 0 Å². The van der Waals surface area contributed by atoms with Crippen LogP contribution in [-0.4, -0.2) is 42.4 Å². The molecule has 0 unspecified atom stereocenters. The molecule has 1 heterocycles. The number of fused-ring (bicyclic) bond motifs is 1. The SMILES string of the molecule is CC(C)N(CCCO)Cc1cc(Cl)c2c(c1)OCCCO2. The minimum Gasteiger partial charge on any atom is -0.489 e. The zero-order valence-electron chi connectivity index (χ0n) is 12.8. The van der Waals surface area contributed by atoms with Crippen LogP contribution in [-0.2, 0) is 6.54 Å². The molecule has 0 spiro atoms. The molecule has 1 aromatic carbocycles. The van der Waals surface area contributed by atoms with Gasteiger partial charge in [-0.05, 0) is 38.0 Å². The topological polar surface area (TPSA) is 41.9 Å². The Labute approximate surface area is 131 Å². The van der Waals surface area contributed by atoms with Gasteiger partial charge in [0.25, 0.3) is 0 Å². The summed E-state index contributed by atoms with van der Waals surface area (Å²) in [5.74, 6) is 1.39. The van der Waals surface area contributed by atoms with E-state index in [0.717, 1.165) is 37.2 Å². The third-order valence-electron chi connectivity index (χ3n) is 3.58. The first-order valence-corrected chi connectivity index (χ1v) is 7.92. The summed E-state index contributed by atoms with van der Waals surface area (Å²) in [4.78, 5) is 2.31. The number of nitrogens with zero attached hydrogens (tertiary/aromatic N) is 1. The van der Waals surface area contributed by atoms with E-state index in [2.05, 4.69) is 18.7 Å². The highest BCUT2D eigenvalue weighted by molar-refractivity contribution is 6.32. The van der Waals surface area contributed by atoms with Gasteiger partial charge in [0, 0.05) is 32.2 Å². The van der Waals surface area contributed by atoms with E-state index in [-0.39, 0.29) is 6.61 Å². The average molecular weight is 314 g/mol. The predicted octanol–water partition coefficient (Wildman–Crippen LogP) is 3.09. The van der Waals surface area contributed by atoms with Crippen LogP contribution in [0.1, 0.15) is 32.3 Å². The van der Waals surface area contributed by atoms with Crippen LogP contribution in [0.3, 0.4) is 0 Å². The summed E-state index contributed by atoms with van der Waals surface area (Å²) in [6.07, 6.45) is 1.64. The zero-order chi connectivity index (χ0) is 15.2. The fourth-order valence-corrected chi connectivity index (χ4v) is 2.69. The van der Waals surface area contributed by atoms with Crippen LogP contribution in [0.4, 0.5) is 0 Å². The smallest absolute Gasteiger partial charge is 0.179 e. The molecular weight excluding hydrogens is 290 g/mol. The fourth-order valence-electron chi connectivity index (χ4n) is 2.40. The molecule has 118 valence electrons. The van der Waals surface area contributed by atoms with Crippen molar-refractivity contribution in [2.24, 2.45) is 0 Å². The third-order valence-corrected chi connectivity index (χ3v) is 3.86. The minimum absolute atomic E-state index is 0.213. The van der Waals surface area contributed by atoms with Crippen LogP contribution in [0.2, 0.25) is 5.02 Å². The van der Waals surface area contributed by atoms with Gasteiger partial charge in [-0.3, -0.25) is 4.90 Å². The molecule has 0 aliphatic carbocycles. The molecule has 0 radical (unpaired) electrons. The molecule has 1 N–H and O–H groups in total. The van der Waals surface area contributed by atoms with Crippen molar-refractivity contribution in [2.75, 3.05) is 26.4 Å². The van der Waals surface area contributed by atoms with Crippen LogP contribution in [0.5, 0.6) is 11.5 Å². The van der Waals surface area contributed by atoms with Crippen molar-refractivity contribution in [2.45, 2.75) is 39.3 Å². The first-order chi connectivity index (χ1) is 10.1. The Hall–Kier alpha value is -0.970. The predicted molar refractivity (Wildman–Crippen MR) is 84.3 cm³/mol. The Morgan fingerprint density at radius 1 is 1.29 bits per heavy atom. The highest BCUT2D eigenvalue weighted by Gasteiger charge is 2.17. The summed E-state index contributed by atoms with van der Waals surface area (Å²) in [6, 6.07) is 4.37. The molecule has 1 aliphatic heterocycles. The van der Waals surface area contributed by atoms with Gasteiger partial charge in [-0.25, -0.2) is 0 Å². The second-order valence-electron chi connectivity index (χ2n) is 5.60.